The van der Waals surface area contributed by atoms with Gasteiger partial charge in [0.05, 0.1) is 27.2 Å². The highest BCUT2D eigenvalue weighted by atomic mass is 35.5. The molecule has 0 bridgehead atoms. The number of hydrogen-bond donors (Lipinski definition) is 1. The van der Waals surface area contributed by atoms with Crippen LogP contribution < -0.4 is 5.32 Å². The summed E-state index contributed by atoms with van der Waals surface area (Å²) in [4.78, 5) is 22.2. The number of nitrogens with one attached hydrogen (secondary N) is 1. The largest absolute Gasteiger partial charge is 0.323 e. The van der Waals surface area contributed by atoms with Crippen molar-refractivity contribution in [3.63, 3.8) is 0 Å². The molecule has 2 rings (SSSR count). The first-order valence-corrected chi connectivity index (χ1v) is 7.06. The van der Waals surface area contributed by atoms with E-state index in [0.717, 1.165) is 6.20 Å². The van der Waals surface area contributed by atoms with Crippen LogP contribution in [-0.2, 0) is 11.3 Å². The van der Waals surface area contributed by atoms with Crippen LogP contribution in [0.1, 0.15) is 12.1 Å². The molecule has 1 heterocycles. The Morgan fingerprint density at radius 2 is 2.05 bits per heavy atom. The predicted molar refractivity (Wildman–Crippen MR) is 83.3 cm³/mol. The quantitative estimate of drug-likeness (QED) is 0.665. The number of carbonyl (C=O) groups is 1. The molecule has 1 aromatic heterocycles. The number of anilines is 1. The molecule has 0 fully saturated rings. The Hall–Kier alpha value is -2.12. The SMILES string of the molecule is Cc1c([N+](=O)[O-])cnn1CCC(=O)Nc1c(Cl)cccc1Cl. The Balaban J connectivity index is 2.00. The molecule has 2 aromatic rings. The first-order valence-electron chi connectivity index (χ1n) is 6.31. The first-order chi connectivity index (χ1) is 10.4. The van der Waals surface area contributed by atoms with E-state index >= 15 is 0 Å². The van der Waals surface area contributed by atoms with Crippen molar-refractivity contribution in [1.29, 1.82) is 0 Å². The minimum Gasteiger partial charge on any atom is -0.323 e. The van der Waals surface area contributed by atoms with Crippen molar-refractivity contribution in [3.8, 4) is 0 Å². The molecule has 0 spiro atoms. The summed E-state index contributed by atoms with van der Waals surface area (Å²) in [5.74, 6) is -0.312. The Bertz CT molecular complexity index is 710. The molecule has 0 aliphatic rings. The van der Waals surface area contributed by atoms with E-state index in [4.69, 9.17) is 23.2 Å². The summed E-state index contributed by atoms with van der Waals surface area (Å²) in [6.07, 6.45) is 1.25. The molecule has 0 aliphatic heterocycles. The lowest BCUT2D eigenvalue weighted by Gasteiger charge is -2.09. The average molecular weight is 343 g/mol. The van der Waals surface area contributed by atoms with Gasteiger partial charge in [0.25, 0.3) is 0 Å². The van der Waals surface area contributed by atoms with Gasteiger partial charge in [-0.3, -0.25) is 19.6 Å². The molecule has 0 saturated heterocycles. The maximum absolute atomic E-state index is 11.9. The van der Waals surface area contributed by atoms with Crippen LogP contribution in [0.4, 0.5) is 11.4 Å². The summed E-state index contributed by atoms with van der Waals surface area (Å²) in [5, 5.41) is 17.9. The lowest BCUT2D eigenvalue weighted by Crippen LogP contribution is -2.16. The zero-order valence-electron chi connectivity index (χ0n) is 11.5. The van der Waals surface area contributed by atoms with E-state index in [9.17, 15) is 14.9 Å². The van der Waals surface area contributed by atoms with Gasteiger partial charge in [0.15, 0.2) is 0 Å². The number of benzene rings is 1. The number of halogens is 2. The molecule has 0 unspecified atom stereocenters. The number of carbonyl (C=O) groups excluding carboxylic acids is 1. The molecule has 0 atom stereocenters. The Kier molecular flexibility index (Phi) is 4.99. The summed E-state index contributed by atoms with van der Waals surface area (Å²) in [7, 11) is 0. The lowest BCUT2D eigenvalue weighted by atomic mass is 10.3. The third-order valence-electron chi connectivity index (χ3n) is 3.05. The van der Waals surface area contributed by atoms with Crippen molar-refractivity contribution in [1.82, 2.24) is 9.78 Å². The molecule has 22 heavy (non-hydrogen) atoms. The van der Waals surface area contributed by atoms with Gasteiger partial charge < -0.3 is 5.32 Å². The molecular weight excluding hydrogens is 331 g/mol. The number of aromatic nitrogens is 2. The second-order valence-electron chi connectivity index (χ2n) is 4.49. The van der Waals surface area contributed by atoms with Gasteiger partial charge in [-0.15, -0.1) is 0 Å². The number of nitrogens with zero attached hydrogens (tertiary/aromatic N) is 3. The van der Waals surface area contributed by atoms with Gasteiger partial charge in [0.1, 0.15) is 11.9 Å². The molecule has 116 valence electrons. The molecule has 1 aromatic carbocycles. The fourth-order valence-corrected chi connectivity index (χ4v) is 2.36. The fourth-order valence-electron chi connectivity index (χ4n) is 1.87. The lowest BCUT2D eigenvalue weighted by molar-refractivity contribution is -0.385. The van der Waals surface area contributed by atoms with E-state index in [2.05, 4.69) is 10.4 Å². The molecule has 1 N–H and O–H groups in total. The van der Waals surface area contributed by atoms with E-state index in [-0.39, 0.29) is 24.6 Å². The molecule has 0 saturated carbocycles. The van der Waals surface area contributed by atoms with Crippen LogP contribution >= 0.6 is 23.2 Å². The van der Waals surface area contributed by atoms with Gasteiger partial charge in [-0.25, -0.2) is 0 Å². The standard InChI is InChI=1S/C13H12Cl2N4O3/c1-8-11(19(21)22)7-16-18(8)6-5-12(20)17-13-9(14)3-2-4-10(13)15/h2-4,7H,5-6H2,1H3,(H,17,20). The van der Waals surface area contributed by atoms with E-state index in [1.165, 1.54) is 4.68 Å². The number of amides is 1. The summed E-state index contributed by atoms with van der Waals surface area (Å²) in [6.45, 7) is 1.79. The van der Waals surface area contributed by atoms with Gasteiger partial charge in [-0.05, 0) is 19.1 Å². The minimum absolute atomic E-state index is 0.0745. The number of aryl methyl sites for hydroxylation is 1. The maximum atomic E-state index is 11.9. The zero-order valence-corrected chi connectivity index (χ0v) is 13.1. The van der Waals surface area contributed by atoms with Crippen LogP contribution in [0.2, 0.25) is 10.0 Å². The highest BCUT2D eigenvalue weighted by Gasteiger charge is 2.17. The van der Waals surface area contributed by atoms with Crippen LogP contribution in [0.15, 0.2) is 24.4 Å². The summed E-state index contributed by atoms with van der Waals surface area (Å²) < 4.78 is 1.41. The summed E-state index contributed by atoms with van der Waals surface area (Å²) in [5.41, 5.74) is 0.669. The van der Waals surface area contributed by atoms with Crippen molar-refractivity contribution in [2.45, 2.75) is 19.9 Å². The second kappa shape index (κ2) is 6.76. The molecule has 1 amide bonds. The molecule has 0 aliphatic carbocycles. The van der Waals surface area contributed by atoms with Crippen molar-refractivity contribution in [2.75, 3.05) is 5.32 Å². The van der Waals surface area contributed by atoms with Gasteiger partial charge in [0, 0.05) is 6.42 Å². The van der Waals surface area contributed by atoms with E-state index in [1.54, 1.807) is 25.1 Å². The van der Waals surface area contributed by atoms with Crippen LogP contribution in [0, 0.1) is 17.0 Å². The number of hydrogen-bond acceptors (Lipinski definition) is 4. The van der Waals surface area contributed by atoms with Crippen molar-refractivity contribution < 1.29 is 9.72 Å². The highest BCUT2D eigenvalue weighted by molar-refractivity contribution is 6.39. The van der Waals surface area contributed by atoms with Gasteiger partial charge in [-0.2, -0.15) is 5.10 Å². The van der Waals surface area contributed by atoms with E-state index in [1.807, 2.05) is 0 Å². The number of para-hydroxylation sites is 1. The molecule has 0 radical (unpaired) electrons. The monoisotopic (exact) mass is 342 g/mol. The number of rotatable bonds is 5. The van der Waals surface area contributed by atoms with Gasteiger partial charge >= 0.3 is 5.69 Å². The normalized spacial score (nSPS) is 10.5. The van der Waals surface area contributed by atoms with Crippen LogP contribution in [-0.4, -0.2) is 20.6 Å². The zero-order chi connectivity index (χ0) is 16.3. The van der Waals surface area contributed by atoms with Crippen molar-refractivity contribution in [3.05, 3.63) is 50.2 Å². The minimum atomic E-state index is -0.511. The highest BCUT2D eigenvalue weighted by Crippen LogP contribution is 2.29. The van der Waals surface area contributed by atoms with Gasteiger partial charge in [0.2, 0.25) is 5.91 Å². The number of nitro groups is 1. The third kappa shape index (κ3) is 3.55. The van der Waals surface area contributed by atoms with Crippen molar-refractivity contribution >= 4 is 40.5 Å². The van der Waals surface area contributed by atoms with Crippen LogP contribution in [0.25, 0.3) is 0 Å². The van der Waals surface area contributed by atoms with E-state index in [0.29, 0.717) is 21.4 Å². The Labute approximate surface area is 136 Å². The summed E-state index contributed by atoms with van der Waals surface area (Å²) >= 11 is 11.9. The second-order valence-corrected chi connectivity index (χ2v) is 5.30. The van der Waals surface area contributed by atoms with Gasteiger partial charge in [-0.1, -0.05) is 29.3 Å². The Morgan fingerprint density at radius 1 is 1.41 bits per heavy atom. The molecule has 9 heteroatoms. The summed E-state index contributed by atoms with van der Waals surface area (Å²) in [6, 6.07) is 4.90. The van der Waals surface area contributed by atoms with Crippen molar-refractivity contribution in [2.24, 2.45) is 0 Å². The molecular formula is C13H12Cl2N4O3. The predicted octanol–water partition coefficient (Wildman–Crippen LogP) is 3.44. The molecule has 7 nitrogen and oxygen atoms in total. The van der Waals surface area contributed by atoms with Crippen LogP contribution in [0.3, 0.4) is 0 Å². The fraction of sp³-hybridized carbons (Fsp3) is 0.231. The van der Waals surface area contributed by atoms with Crippen LogP contribution in [0.5, 0.6) is 0 Å². The average Bonchev–Trinajstić information content (AvgIpc) is 2.82. The maximum Gasteiger partial charge on any atom is 0.309 e. The first kappa shape index (κ1) is 16.3. The van der Waals surface area contributed by atoms with E-state index < -0.39 is 4.92 Å². The third-order valence-corrected chi connectivity index (χ3v) is 3.68. The smallest absolute Gasteiger partial charge is 0.309 e. The Morgan fingerprint density at radius 3 is 2.59 bits per heavy atom. The topological polar surface area (TPSA) is 90.1 Å².